The van der Waals surface area contributed by atoms with Crippen LogP contribution in [0.15, 0.2) is 97.2 Å². The lowest BCUT2D eigenvalue weighted by Crippen LogP contribution is -2.30. The third-order valence-electron chi connectivity index (χ3n) is 10.6. The second kappa shape index (κ2) is 52.2. The zero-order valence-corrected chi connectivity index (χ0v) is 40.6. The minimum atomic E-state index is -0.588. The van der Waals surface area contributed by atoms with E-state index in [1.54, 1.807) is 0 Å². The molecule has 0 spiro atoms. The van der Waals surface area contributed by atoms with Crippen LogP contribution in [0.4, 0.5) is 0 Å². The van der Waals surface area contributed by atoms with Gasteiger partial charge >= 0.3 is 11.9 Å². The van der Waals surface area contributed by atoms with E-state index in [4.69, 9.17) is 14.2 Å². The number of rotatable bonds is 46. The Labute approximate surface area is 383 Å². The molecule has 0 radical (unpaired) electrons. The summed E-state index contributed by atoms with van der Waals surface area (Å²) in [4.78, 5) is 25.3. The highest BCUT2D eigenvalue weighted by molar-refractivity contribution is 5.71. The third kappa shape index (κ3) is 49.5. The Morgan fingerprint density at radius 2 is 0.774 bits per heavy atom. The monoisotopic (exact) mass is 861 g/mol. The van der Waals surface area contributed by atoms with Gasteiger partial charge in [-0.25, -0.2) is 0 Å². The van der Waals surface area contributed by atoms with Crippen molar-refractivity contribution in [3.05, 3.63) is 97.2 Å². The first-order chi connectivity index (χ1) is 30.6. The van der Waals surface area contributed by atoms with Crippen LogP contribution in [0.1, 0.15) is 226 Å². The van der Waals surface area contributed by atoms with Gasteiger partial charge in [-0.2, -0.15) is 0 Å². The maximum absolute atomic E-state index is 12.8. The minimum absolute atomic E-state index is 0.0212. The van der Waals surface area contributed by atoms with Gasteiger partial charge in [-0.3, -0.25) is 9.59 Å². The minimum Gasteiger partial charge on any atom is -0.461 e. The van der Waals surface area contributed by atoms with E-state index >= 15 is 0 Å². The van der Waals surface area contributed by atoms with Crippen LogP contribution < -0.4 is 0 Å². The molecule has 0 aromatic carbocycles. The fourth-order valence-corrected chi connectivity index (χ4v) is 6.78. The lowest BCUT2D eigenvalue weighted by Gasteiger charge is -2.18. The summed E-state index contributed by atoms with van der Waals surface area (Å²) in [5, 5.41) is 0. The molecule has 0 aliphatic heterocycles. The summed E-state index contributed by atoms with van der Waals surface area (Å²) in [6.45, 7) is 7.54. The molecule has 0 aromatic heterocycles. The Morgan fingerprint density at radius 3 is 1.29 bits per heavy atom. The Balaban J connectivity index is 4.40. The molecule has 0 rings (SSSR count). The van der Waals surface area contributed by atoms with Crippen LogP contribution in [0.2, 0.25) is 0 Å². The molecule has 0 N–H and O–H groups in total. The Hall–Kier alpha value is -3.18. The van der Waals surface area contributed by atoms with Crippen molar-refractivity contribution >= 4 is 11.9 Å². The number of esters is 2. The lowest BCUT2D eigenvalue weighted by atomic mass is 10.1. The van der Waals surface area contributed by atoms with Crippen molar-refractivity contribution in [2.24, 2.45) is 0 Å². The first-order valence-electron chi connectivity index (χ1n) is 25.8. The summed E-state index contributed by atoms with van der Waals surface area (Å²) < 4.78 is 17.3. The second-order valence-corrected chi connectivity index (χ2v) is 16.7. The number of ether oxygens (including phenoxy) is 3. The maximum Gasteiger partial charge on any atom is 0.309 e. The van der Waals surface area contributed by atoms with E-state index < -0.39 is 6.10 Å². The number of carbonyl (C=O) groups is 2. The largest absolute Gasteiger partial charge is 0.461 e. The van der Waals surface area contributed by atoms with E-state index in [2.05, 4.69) is 106 Å². The van der Waals surface area contributed by atoms with Crippen molar-refractivity contribution in [1.82, 2.24) is 0 Å². The van der Waals surface area contributed by atoms with Crippen molar-refractivity contribution in [3.8, 4) is 0 Å². The van der Waals surface area contributed by atoms with Crippen LogP contribution in [0.5, 0.6) is 0 Å². The first kappa shape index (κ1) is 58.8. The van der Waals surface area contributed by atoms with E-state index in [1.165, 1.54) is 116 Å². The highest BCUT2D eigenvalue weighted by Gasteiger charge is 2.17. The number of carbonyl (C=O) groups excluding carboxylic acids is 2. The number of hydrogen-bond donors (Lipinski definition) is 0. The normalized spacial score (nSPS) is 13.0. The number of hydrogen-bond acceptors (Lipinski definition) is 5. The molecule has 1 atom stereocenters. The quantitative estimate of drug-likeness (QED) is 0.0347. The van der Waals surface area contributed by atoms with E-state index in [9.17, 15) is 9.59 Å². The zero-order valence-electron chi connectivity index (χ0n) is 40.6. The van der Waals surface area contributed by atoms with Gasteiger partial charge in [-0.1, -0.05) is 208 Å². The van der Waals surface area contributed by atoms with Gasteiger partial charge in [0.1, 0.15) is 6.61 Å². The van der Waals surface area contributed by atoms with E-state index in [-0.39, 0.29) is 31.6 Å². The molecular weight excluding hydrogens is 765 g/mol. The van der Waals surface area contributed by atoms with Gasteiger partial charge in [0.15, 0.2) is 6.10 Å². The average molecular weight is 861 g/mol. The summed E-state index contributed by atoms with van der Waals surface area (Å²) in [5.74, 6) is -0.559. The first-order valence-corrected chi connectivity index (χ1v) is 25.8. The van der Waals surface area contributed by atoms with Crippen molar-refractivity contribution < 1.29 is 23.8 Å². The Bertz CT molecular complexity index is 1200. The maximum atomic E-state index is 12.8. The van der Waals surface area contributed by atoms with Gasteiger partial charge in [0.2, 0.25) is 0 Å². The molecule has 0 aliphatic rings. The second-order valence-electron chi connectivity index (χ2n) is 16.7. The number of unbranched alkanes of at least 4 members (excludes halogenated alkanes) is 20. The fourth-order valence-electron chi connectivity index (χ4n) is 6.78. The molecular formula is C57H96O5. The van der Waals surface area contributed by atoms with Gasteiger partial charge < -0.3 is 14.2 Å². The SMILES string of the molecule is CC/C=C\C/C=C\C/C=C\C/C=C\C/C=C\CC(=O)OCC(COCCCCCCCCCC/C=C\C/C=C\CCCCC)OC(=O)CCCCCCC/C=C\CCCCCC. The topological polar surface area (TPSA) is 61.8 Å². The van der Waals surface area contributed by atoms with Crippen LogP contribution in [0, 0.1) is 0 Å². The molecule has 0 heterocycles. The Kier molecular flexibility index (Phi) is 49.5. The molecule has 354 valence electrons. The zero-order chi connectivity index (χ0) is 44.9. The van der Waals surface area contributed by atoms with Crippen LogP contribution >= 0.6 is 0 Å². The summed E-state index contributed by atoms with van der Waals surface area (Å²) in [7, 11) is 0. The van der Waals surface area contributed by atoms with Crippen molar-refractivity contribution in [2.75, 3.05) is 19.8 Å². The highest BCUT2D eigenvalue weighted by atomic mass is 16.6. The van der Waals surface area contributed by atoms with E-state index in [1.807, 2.05) is 12.2 Å². The molecule has 62 heavy (non-hydrogen) atoms. The van der Waals surface area contributed by atoms with Crippen LogP contribution in [0.3, 0.4) is 0 Å². The van der Waals surface area contributed by atoms with E-state index in [0.29, 0.717) is 13.0 Å². The summed E-state index contributed by atoms with van der Waals surface area (Å²) in [6, 6.07) is 0. The van der Waals surface area contributed by atoms with Crippen molar-refractivity contribution in [3.63, 3.8) is 0 Å². The molecule has 0 bridgehead atoms. The molecule has 0 amide bonds. The molecule has 0 aromatic rings. The standard InChI is InChI=1S/C57H96O5/c1-4-7-10-13-16-19-22-25-27-28-29-31-34-37-40-43-46-49-52-60-53-55(62-57(59)51-48-45-42-39-36-32-24-21-18-15-12-9-6-3)54-61-56(58)50-47-44-41-38-35-33-30-26-23-20-17-14-11-8-5-2/h8,11,16-17,19-21,24-27,30,35,38,44,47,55H,4-7,9-10,12-15,18,22-23,28-29,31-34,36-37,39-43,45-46,48-54H2,1-3H3/b11-8-,19-16-,20-17-,24-21-,27-25-,30-26-,38-35-,47-44-. The van der Waals surface area contributed by atoms with Crippen molar-refractivity contribution in [2.45, 2.75) is 232 Å². The smallest absolute Gasteiger partial charge is 0.309 e. The Morgan fingerprint density at radius 1 is 0.387 bits per heavy atom. The lowest BCUT2D eigenvalue weighted by molar-refractivity contribution is -0.162. The molecule has 5 heteroatoms. The molecule has 1 unspecified atom stereocenters. The summed E-state index contributed by atoms with van der Waals surface area (Å²) >= 11 is 0. The highest BCUT2D eigenvalue weighted by Crippen LogP contribution is 2.13. The summed E-state index contributed by atoms with van der Waals surface area (Å²) in [5.41, 5.74) is 0. The molecule has 0 aliphatic carbocycles. The predicted octanol–water partition coefficient (Wildman–Crippen LogP) is 17.5. The van der Waals surface area contributed by atoms with Gasteiger partial charge in [0.25, 0.3) is 0 Å². The molecule has 0 fully saturated rings. The molecule has 5 nitrogen and oxygen atoms in total. The average Bonchev–Trinajstić information content (AvgIpc) is 3.27. The van der Waals surface area contributed by atoms with Crippen LogP contribution in [-0.4, -0.2) is 37.9 Å². The molecule has 0 saturated heterocycles. The van der Waals surface area contributed by atoms with Gasteiger partial charge in [-0.05, 0) is 103 Å². The van der Waals surface area contributed by atoms with Gasteiger partial charge in [-0.15, -0.1) is 0 Å². The third-order valence-corrected chi connectivity index (χ3v) is 10.6. The van der Waals surface area contributed by atoms with Crippen LogP contribution in [-0.2, 0) is 23.8 Å². The predicted molar refractivity (Wildman–Crippen MR) is 270 cm³/mol. The van der Waals surface area contributed by atoms with Gasteiger partial charge in [0.05, 0.1) is 13.0 Å². The van der Waals surface area contributed by atoms with Crippen LogP contribution in [0.25, 0.3) is 0 Å². The van der Waals surface area contributed by atoms with E-state index in [0.717, 1.165) is 77.0 Å². The van der Waals surface area contributed by atoms with Crippen molar-refractivity contribution in [1.29, 1.82) is 0 Å². The fraction of sp³-hybridized carbons (Fsp3) is 0.684. The summed E-state index contributed by atoms with van der Waals surface area (Å²) in [6.07, 6.45) is 70.1. The molecule has 0 saturated carbocycles. The van der Waals surface area contributed by atoms with Gasteiger partial charge in [0, 0.05) is 13.0 Å². The number of allylic oxidation sites excluding steroid dienone is 15.